The lowest BCUT2D eigenvalue weighted by Gasteiger charge is -2.35. The predicted octanol–water partition coefficient (Wildman–Crippen LogP) is 2.90. The highest BCUT2D eigenvalue weighted by Crippen LogP contribution is 2.19. The molecule has 0 saturated carbocycles. The lowest BCUT2D eigenvalue weighted by atomic mass is 9.98. The van der Waals surface area contributed by atoms with Gasteiger partial charge in [0, 0.05) is 19.0 Å². The number of carbonyl (C=O) groups excluding carboxylic acids is 1. The van der Waals surface area contributed by atoms with E-state index in [4.69, 9.17) is 4.74 Å². The van der Waals surface area contributed by atoms with E-state index in [0.29, 0.717) is 24.9 Å². The molecule has 1 saturated heterocycles. The van der Waals surface area contributed by atoms with Gasteiger partial charge in [0.25, 0.3) is 0 Å². The number of nitrogens with zero attached hydrogens (tertiary/aromatic N) is 1. The topological polar surface area (TPSA) is 29.5 Å². The second-order valence-corrected chi connectivity index (χ2v) is 5.25. The van der Waals surface area contributed by atoms with Gasteiger partial charge in [-0.15, -0.1) is 0 Å². The van der Waals surface area contributed by atoms with Gasteiger partial charge in [0.05, 0.1) is 0 Å². The molecule has 0 amide bonds. The molecular weight excluding hydrogens is 238 g/mol. The summed E-state index contributed by atoms with van der Waals surface area (Å²) in [6, 6.07) is 10.3. The number of hydrogen-bond acceptors (Lipinski definition) is 3. The van der Waals surface area contributed by atoms with Gasteiger partial charge in [0.2, 0.25) is 0 Å². The van der Waals surface area contributed by atoms with Crippen molar-refractivity contribution < 1.29 is 9.53 Å². The maximum Gasteiger partial charge on any atom is 0.131 e. The van der Waals surface area contributed by atoms with Crippen molar-refractivity contribution in [2.75, 3.05) is 19.7 Å². The number of piperidine rings is 1. The maximum absolute atomic E-state index is 11.3. The van der Waals surface area contributed by atoms with Crippen LogP contribution in [0.2, 0.25) is 0 Å². The van der Waals surface area contributed by atoms with Crippen LogP contribution < -0.4 is 4.74 Å². The molecule has 1 aliphatic heterocycles. The summed E-state index contributed by atoms with van der Waals surface area (Å²) in [5, 5.41) is 0. The lowest BCUT2D eigenvalue weighted by molar-refractivity contribution is -0.118. The number of Topliss-reactive ketones (excluding diaryl/α,β-unsaturated/α-hetero) is 1. The molecule has 0 spiro atoms. The van der Waals surface area contributed by atoms with Crippen LogP contribution in [0.1, 0.15) is 32.6 Å². The Balaban J connectivity index is 1.78. The van der Waals surface area contributed by atoms with Gasteiger partial charge >= 0.3 is 0 Å². The van der Waals surface area contributed by atoms with Gasteiger partial charge in [-0.1, -0.05) is 24.6 Å². The SMILES string of the molecule is CC(=O)CC1CCCCN1CCOc1ccccc1. The number of hydrogen-bond donors (Lipinski definition) is 0. The van der Waals surface area contributed by atoms with Crippen molar-refractivity contribution in [1.29, 1.82) is 0 Å². The standard InChI is InChI=1S/C16H23NO2/c1-14(18)13-15-7-5-6-10-17(15)11-12-19-16-8-3-2-4-9-16/h2-4,8-9,15H,5-7,10-13H2,1H3. The fourth-order valence-electron chi connectivity index (χ4n) is 2.71. The number of ketones is 1. The Hall–Kier alpha value is -1.35. The molecule has 104 valence electrons. The van der Waals surface area contributed by atoms with Crippen molar-refractivity contribution in [2.45, 2.75) is 38.6 Å². The molecule has 0 bridgehead atoms. The monoisotopic (exact) mass is 261 g/mol. The lowest BCUT2D eigenvalue weighted by Crippen LogP contribution is -2.42. The summed E-state index contributed by atoms with van der Waals surface area (Å²) in [7, 11) is 0. The Kier molecular flexibility index (Phi) is 5.40. The highest BCUT2D eigenvalue weighted by Gasteiger charge is 2.23. The van der Waals surface area contributed by atoms with Crippen molar-refractivity contribution >= 4 is 5.78 Å². The Labute approximate surface area is 115 Å². The third-order valence-corrected chi connectivity index (χ3v) is 3.66. The Morgan fingerprint density at radius 3 is 2.84 bits per heavy atom. The minimum absolute atomic E-state index is 0.292. The number of likely N-dealkylation sites (tertiary alicyclic amines) is 1. The average molecular weight is 261 g/mol. The molecule has 1 atom stereocenters. The Bertz CT molecular complexity index is 391. The number of benzene rings is 1. The molecule has 0 radical (unpaired) electrons. The number of ether oxygens (including phenoxy) is 1. The molecule has 1 fully saturated rings. The molecule has 1 aliphatic rings. The van der Waals surface area contributed by atoms with Gasteiger partial charge in [0.1, 0.15) is 18.1 Å². The van der Waals surface area contributed by atoms with E-state index in [9.17, 15) is 4.79 Å². The van der Waals surface area contributed by atoms with Crippen LogP contribution in [0.3, 0.4) is 0 Å². The van der Waals surface area contributed by atoms with Crippen LogP contribution in [-0.4, -0.2) is 36.4 Å². The molecule has 1 unspecified atom stereocenters. The molecule has 19 heavy (non-hydrogen) atoms. The summed E-state index contributed by atoms with van der Waals surface area (Å²) < 4.78 is 5.74. The van der Waals surface area contributed by atoms with Gasteiger partial charge in [-0.25, -0.2) is 0 Å². The first-order valence-electron chi connectivity index (χ1n) is 7.17. The second kappa shape index (κ2) is 7.29. The van der Waals surface area contributed by atoms with E-state index in [1.165, 1.54) is 12.8 Å². The first-order chi connectivity index (χ1) is 9.25. The van der Waals surface area contributed by atoms with Crippen LogP contribution >= 0.6 is 0 Å². The molecule has 0 N–H and O–H groups in total. The van der Waals surface area contributed by atoms with E-state index in [2.05, 4.69) is 4.90 Å². The number of rotatable bonds is 6. The van der Waals surface area contributed by atoms with E-state index >= 15 is 0 Å². The van der Waals surface area contributed by atoms with Gasteiger partial charge in [-0.2, -0.15) is 0 Å². The minimum atomic E-state index is 0.292. The molecule has 1 heterocycles. The first kappa shape index (κ1) is 14.1. The van der Waals surface area contributed by atoms with Crippen molar-refractivity contribution in [2.24, 2.45) is 0 Å². The summed E-state index contributed by atoms with van der Waals surface area (Å²) in [4.78, 5) is 13.7. The summed E-state index contributed by atoms with van der Waals surface area (Å²) in [6.07, 6.45) is 4.31. The number of para-hydroxylation sites is 1. The number of carbonyl (C=O) groups is 1. The molecule has 1 aromatic rings. The van der Waals surface area contributed by atoms with E-state index in [1.54, 1.807) is 6.92 Å². The zero-order chi connectivity index (χ0) is 13.5. The third kappa shape index (κ3) is 4.67. The van der Waals surface area contributed by atoms with Crippen LogP contribution in [0.25, 0.3) is 0 Å². The summed E-state index contributed by atoms with van der Waals surface area (Å²) in [6.45, 7) is 4.38. The van der Waals surface area contributed by atoms with Gasteiger partial charge in [0.15, 0.2) is 0 Å². The molecule has 2 rings (SSSR count). The highest BCUT2D eigenvalue weighted by molar-refractivity contribution is 5.76. The van der Waals surface area contributed by atoms with Crippen LogP contribution in [-0.2, 0) is 4.79 Å². The van der Waals surface area contributed by atoms with Crippen LogP contribution in [0.15, 0.2) is 30.3 Å². The maximum atomic E-state index is 11.3. The summed E-state index contributed by atoms with van der Waals surface area (Å²) in [5.74, 6) is 1.21. The second-order valence-electron chi connectivity index (χ2n) is 5.25. The molecule has 0 aliphatic carbocycles. The predicted molar refractivity (Wildman–Crippen MR) is 76.4 cm³/mol. The smallest absolute Gasteiger partial charge is 0.131 e. The van der Waals surface area contributed by atoms with Crippen molar-refractivity contribution in [1.82, 2.24) is 4.90 Å². The normalized spacial score (nSPS) is 20.2. The summed E-state index contributed by atoms with van der Waals surface area (Å²) >= 11 is 0. The fraction of sp³-hybridized carbons (Fsp3) is 0.562. The zero-order valence-corrected chi connectivity index (χ0v) is 11.7. The highest BCUT2D eigenvalue weighted by atomic mass is 16.5. The van der Waals surface area contributed by atoms with Gasteiger partial charge in [-0.3, -0.25) is 9.69 Å². The Morgan fingerprint density at radius 1 is 1.32 bits per heavy atom. The molecule has 0 aromatic heterocycles. The minimum Gasteiger partial charge on any atom is -0.492 e. The van der Waals surface area contributed by atoms with Crippen LogP contribution in [0.4, 0.5) is 0 Å². The molecular formula is C16H23NO2. The van der Waals surface area contributed by atoms with E-state index < -0.39 is 0 Å². The summed E-state index contributed by atoms with van der Waals surface area (Å²) in [5.41, 5.74) is 0. The van der Waals surface area contributed by atoms with Crippen molar-refractivity contribution in [3.63, 3.8) is 0 Å². The first-order valence-corrected chi connectivity index (χ1v) is 7.17. The van der Waals surface area contributed by atoms with E-state index in [-0.39, 0.29) is 0 Å². The average Bonchev–Trinajstić information content (AvgIpc) is 2.41. The fourth-order valence-corrected chi connectivity index (χ4v) is 2.71. The van der Waals surface area contributed by atoms with E-state index in [1.807, 2.05) is 30.3 Å². The third-order valence-electron chi connectivity index (χ3n) is 3.66. The Morgan fingerprint density at radius 2 is 2.11 bits per heavy atom. The van der Waals surface area contributed by atoms with E-state index in [0.717, 1.165) is 25.3 Å². The molecule has 1 aromatic carbocycles. The molecule has 3 nitrogen and oxygen atoms in total. The van der Waals surface area contributed by atoms with Crippen LogP contribution in [0.5, 0.6) is 5.75 Å². The van der Waals surface area contributed by atoms with Gasteiger partial charge < -0.3 is 4.74 Å². The van der Waals surface area contributed by atoms with Gasteiger partial charge in [-0.05, 0) is 38.4 Å². The largest absolute Gasteiger partial charge is 0.492 e. The van der Waals surface area contributed by atoms with Crippen molar-refractivity contribution in [3.05, 3.63) is 30.3 Å². The molecule has 3 heteroatoms. The van der Waals surface area contributed by atoms with Crippen LogP contribution in [0, 0.1) is 0 Å². The van der Waals surface area contributed by atoms with Crippen molar-refractivity contribution in [3.8, 4) is 5.75 Å². The quantitative estimate of drug-likeness (QED) is 0.788. The zero-order valence-electron chi connectivity index (χ0n) is 11.7.